The maximum atomic E-state index is 12.6. The van der Waals surface area contributed by atoms with Crippen LogP contribution < -0.4 is 15.1 Å². The minimum Gasteiger partial charge on any atom is -0.341 e. The summed E-state index contributed by atoms with van der Waals surface area (Å²) < 4.78 is 0. The fraction of sp³-hybridized carbons (Fsp3) is 0.400. The third-order valence-electron chi connectivity index (χ3n) is 5.18. The van der Waals surface area contributed by atoms with Crippen molar-refractivity contribution in [2.45, 2.75) is 25.7 Å². The number of amides is 2. The summed E-state index contributed by atoms with van der Waals surface area (Å²) in [6.07, 6.45) is 6.99. The van der Waals surface area contributed by atoms with Gasteiger partial charge in [0, 0.05) is 36.8 Å². The zero-order valence-electron chi connectivity index (χ0n) is 15.5. The molecule has 1 atom stereocenters. The lowest BCUT2D eigenvalue weighted by Gasteiger charge is -2.26. The molecule has 1 unspecified atom stereocenters. The van der Waals surface area contributed by atoms with Crippen LogP contribution in [0.15, 0.2) is 36.7 Å². The van der Waals surface area contributed by atoms with Crippen molar-refractivity contribution in [3.63, 3.8) is 0 Å². The first-order valence-electron chi connectivity index (χ1n) is 9.54. The van der Waals surface area contributed by atoms with Crippen molar-refractivity contribution in [2.24, 2.45) is 5.92 Å². The normalized spacial score (nSPS) is 19.8. The molecule has 1 aromatic heterocycles. The van der Waals surface area contributed by atoms with Crippen molar-refractivity contribution in [2.75, 3.05) is 34.8 Å². The van der Waals surface area contributed by atoms with Gasteiger partial charge in [0.05, 0.1) is 24.0 Å². The summed E-state index contributed by atoms with van der Waals surface area (Å²) in [5.41, 5.74) is 1.29. The molecule has 146 valence electrons. The zero-order valence-corrected chi connectivity index (χ0v) is 16.2. The number of hydrogen-bond donors (Lipinski definition) is 1. The summed E-state index contributed by atoms with van der Waals surface area (Å²) >= 11 is 5.90. The number of benzene rings is 1. The maximum Gasteiger partial charge on any atom is 0.229 e. The standard InChI is InChI=1S/C20H22ClN5O2/c21-15-4-6-17(7-5-15)26-13-14(10-18(26)27)19(28)24-16-11-22-20(23-12-16)25-8-2-1-3-9-25/h4-7,11-12,14H,1-3,8-10,13H2,(H,24,28). The highest BCUT2D eigenvalue weighted by atomic mass is 35.5. The second kappa shape index (κ2) is 8.14. The first-order valence-corrected chi connectivity index (χ1v) is 9.92. The molecule has 4 rings (SSSR count). The first-order chi connectivity index (χ1) is 13.6. The Bertz CT molecular complexity index is 850. The van der Waals surface area contributed by atoms with Crippen molar-refractivity contribution in [3.05, 3.63) is 41.7 Å². The molecule has 0 saturated carbocycles. The number of halogens is 1. The van der Waals surface area contributed by atoms with Gasteiger partial charge in [-0.3, -0.25) is 9.59 Å². The van der Waals surface area contributed by atoms with Gasteiger partial charge in [-0.25, -0.2) is 9.97 Å². The number of anilines is 3. The topological polar surface area (TPSA) is 78.4 Å². The van der Waals surface area contributed by atoms with Crippen molar-refractivity contribution < 1.29 is 9.59 Å². The number of carbonyl (C=O) groups excluding carboxylic acids is 2. The van der Waals surface area contributed by atoms with Gasteiger partial charge in [-0.2, -0.15) is 0 Å². The van der Waals surface area contributed by atoms with Crippen LogP contribution in [0.1, 0.15) is 25.7 Å². The summed E-state index contributed by atoms with van der Waals surface area (Å²) in [4.78, 5) is 37.5. The fourth-order valence-corrected chi connectivity index (χ4v) is 3.77. The van der Waals surface area contributed by atoms with Crippen LogP contribution in [0, 0.1) is 5.92 Å². The molecule has 2 amide bonds. The second-order valence-electron chi connectivity index (χ2n) is 7.19. The summed E-state index contributed by atoms with van der Waals surface area (Å²) in [7, 11) is 0. The van der Waals surface area contributed by atoms with Gasteiger partial charge >= 0.3 is 0 Å². The number of rotatable bonds is 4. The maximum absolute atomic E-state index is 12.6. The number of nitrogens with zero attached hydrogens (tertiary/aromatic N) is 4. The Balaban J connectivity index is 1.37. The molecule has 2 saturated heterocycles. The molecular formula is C20H22ClN5O2. The van der Waals surface area contributed by atoms with Crippen molar-refractivity contribution in [1.82, 2.24) is 9.97 Å². The minimum atomic E-state index is -0.412. The zero-order chi connectivity index (χ0) is 19.5. The van der Waals surface area contributed by atoms with E-state index in [4.69, 9.17) is 11.6 Å². The quantitative estimate of drug-likeness (QED) is 0.854. The molecule has 1 aromatic carbocycles. The number of piperidine rings is 1. The van der Waals surface area contributed by atoms with Gasteiger partial charge in [0.25, 0.3) is 0 Å². The summed E-state index contributed by atoms with van der Waals surface area (Å²) in [6.45, 7) is 2.28. The van der Waals surface area contributed by atoms with Crippen LogP contribution in [0.2, 0.25) is 5.02 Å². The molecule has 0 bridgehead atoms. The van der Waals surface area contributed by atoms with Crippen LogP contribution in [-0.2, 0) is 9.59 Å². The minimum absolute atomic E-state index is 0.0702. The van der Waals surface area contributed by atoms with Crippen LogP contribution >= 0.6 is 11.6 Å². The molecule has 7 nitrogen and oxygen atoms in total. The van der Waals surface area contributed by atoms with E-state index >= 15 is 0 Å². The molecule has 2 aliphatic rings. The highest BCUT2D eigenvalue weighted by Gasteiger charge is 2.35. The Labute approximate surface area is 168 Å². The second-order valence-corrected chi connectivity index (χ2v) is 7.63. The molecule has 2 fully saturated rings. The van der Waals surface area contributed by atoms with Gasteiger partial charge in [-0.05, 0) is 43.5 Å². The molecule has 8 heteroatoms. The highest BCUT2D eigenvalue weighted by molar-refractivity contribution is 6.30. The Morgan fingerprint density at radius 3 is 2.43 bits per heavy atom. The predicted octanol–water partition coefficient (Wildman–Crippen LogP) is 3.11. The van der Waals surface area contributed by atoms with Gasteiger partial charge in [0.1, 0.15) is 0 Å². The average molecular weight is 400 g/mol. The van der Waals surface area contributed by atoms with Gasteiger partial charge < -0.3 is 15.1 Å². The van der Waals surface area contributed by atoms with E-state index in [-0.39, 0.29) is 18.2 Å². The summed E-state index contributed by atoms with van der Waals surface area (Å²) in [5.74, 6) is 0.0194. The lowest BCUT2D eigenvalue weighted by molar-refractivity contribution is -0.122. The molecule has 0 spiro atoms. The van der Waals surface area contributed by atoms with E-state index in [9.17, 15) is 9.59 Å². The Kier molecular flexibility index (Phi) is 5.43. The van der Waals surface area contributed by atoms with Crippen LogP contribution in [0.4, 0.5) is 17.3 Å². The Morgan fingerprint density at radius 1 is 1.07 bits per heavy atom. The van der Waals surface area contributed by atoms with E-state index in [2.05, 4.69) is 20.2 Å². The molecule has 0 radical (unpaired) electrons. The number of hydrogen-bond acceptors (Lipinski definition) is 5. The van der Waals surface area contributed by atoms with Crippen LogP contribution in [-0.4, -0.2) is 41.4 Å². The molecule has 0 aliphatic carbocycles. The molecule has 3 heterocycles. The largest absolute Gasteiger partial charge is 0.341 e. The monoisotopic (exact) mass is 399 g/mol. The fourth-order valence-electron chi connectivity index (χ4n) is 3.64. The molecule has 2 aliphatic heterocycles. The molecule has 2 aromatic rings. The Morgan fingerprint density at radius 2 is 1.75 bits per heavy atom. The van der Waals surface area contributed by atoms with Gasteiger partial charge in [0.2, 0.25) is 17.8 Å². The number of nitrogens with one attached hydrogen (secondary N) is 1. The van der Waals surface area contributed by atoms with E-state index in [1.165, 1.54) is 6.42 Å². The number of aromatic nitrogens is 2. The SMILES string of the molecule is O=C(Nc1cnc(N2CCCCC2)nc1)C1CC(=O)N(c2ccc(Cl)cc2)C1. The van der Waals surface area contributed by atoms with E-state index in [1.807, 2.05) is 0 Å². The summed E-state index contributed by atoms with van der Waals surface area (Å²) in [5, 5.41) is 3.44. The number of carbonyl (C=O) groups is 2. The van der Waals surface area contributed by atoms with Crippen molar-refractivity contribution in [3.8, 4) is 0 Å². The van der Waals surface area contributed by atoms with E-state index in [0.717, 1.165) is 31.6 Å². The van der Waals surface area contributed by atoms with Crippen LogP contribution in [0.25, 0.3) is 0 Å². The smallest absolute Gasteiger partial charge is 0.229 e. The Hall–Kier alpha value is -2.67. The van der Waals surface area contributed by atoms with Crippen LogP contribution in [0.5, 0.6) is 0 Å². The van der Waals surface area contributed by atoms with E-state index < -0.39 is 5.92 Å². The third-order valence-corrected chi connectivity index (χ3v) is 5.43. The van der Waals surface area contributed by atoms with Crippen molar-refractivity contribution in [1.29, 1.82) is 0 Å². The van der Waals surface area contributed by atoms with Gasteiger partial charge in [-0.15, -0.1) is 0 Å². The molecular weight excluding hydrogens is 378 g/mol. The van der Waals surface area contributed by atoms with E-state index in [1.54, 1.807) is 41.6 Å². The average Bonchev–Trinajstić information content (AvgIpc) is 3.12. The van der Waals surface area contributed by atoms with Crippen molar-refractivity contribution >= 4 is 40.7 Å². The predicted molar refractivity (Wildman–Crippen MR) is 109 cm³/mol. The lowest BCUT2D eigenvalue weighted by atomic mass is 10.1. The van der Waals surface area contributed by atoms with Crippen LogP contribution in [0.3, 0.4) is 0 Å². The molecule has 28 heavy (non-hydrogen) atoms. The summed E-state index contributed by atoms with van der Waals surface area (Å²) in [6, 6.07) is 7.04. The third kappa shape index (κ3) is 4.09. The molecule has 1 N–H and O–H groups in total. The van der Waals surface area contributed by atoms with Gasteiger partial charge in [0.15, 0.2) is 0 Å². The highest BCUT2D eigenvalue weighted by Crippen LogP contribution is 2.27. The lowest BCUT2D eigenvalue weighted by Crippen LogP contribution is -2.31. The van der Waals surface area contributed by atoms with Gasteiger partial charge in [-0.1, -0.05) is 11.6 Å². The van der Waals surface area contributed by atoms with E-state index in [0.29, 0.717) is 23.2 Å². The first kappa shape index (κ1) is 18.7.